The zero-order valence-corrected chi connectivity index (χ0v) is 17.1. The fourth-order valence-corrected chi connectivity index (χ4v) is 4.13. The average Bonchev–Trinajstić information content (AvgIpc) is 3.13. The molecule has 0 saturated heterocycles. The Labute approximate surface area is 174 Å². The lowest BCUT2D eigenvalue weighted by atomic mass is 10.2. The number of pyridine rings is 1. The van der Waals surface area contributed by atoms with Gasteiger partial charge in [0.2, 0.25) is 0 Å². The third-order valence-electron chi connectivity index (χ3n) is 4.47. The number of halogens is 2. The predicted molar refractivity (Wildman–Crippen MR) is 111 cm³/mol. The molecule has 8 heteroatoms. The fourth-order valence-electron chi connectivity index (χ4n) is 2.86. The standard InChI is InChI=1S/C21H17ClFN3O2S/c1-13-19(12-29(27)21-25-17-7-4-15(22)10-18(17)26-21)24-9-8-20(13)28-11-14-2-5-16(23)6-3-14/h2-10H,11-12H2,1H3,(H,25,26). The summed E-state index contributed by atoms with van der Waals surface area (Å²) in [5.41, 5.74) is 3.77. The van der Waals surface area contributed by atoms with E-state index in [1.165, 1.54) is 12.1 Å². The van der Waals surface area contributed by atoms with Crippen molar-refractivity contribution in [3.8, 4) is 5.75 Å². The van der Waals surface area contributed by atoms with Gasteiger partial charge in [-0.1, -0.05) is 23.7 Å². The Kier molecular flexibility index (Phi) is 5.60. The van der Waals surface area contributed by atoms with Crippen LogP contribution in [0.2, 0.25) is 5.02 Å². The summed E-state index contributed by atoms with van der Waals surface area (Å²) in [5, 5.41) is 0.961. The molecule has 148 valence electrons. The Hall–Kier alpha value is -2.77. The van der Waals surface area contributed by atoms with E-state index in [1.807, 2.05) is 6.92 Å². The van der Waals surface area contributed by atoms with Gasteiger partial charge >= 0.3 is 0 Å². The lowest BCUT2D eigenvalue weighted by Gasteiger charge is -2.12. The molecule has 2 heterocycles. The second-order valence-corrected chi connectivity index (χ2v) is 8.29. The summed E-state index contributed by atoms with van der Waals surface area (Å²) >= 11 is 5.99. The number of aromatic amines is 1. The van der Waals surface area contributed by atoms with Gasteiger partial charge in [0.05, 0.1) is 33.3 Å². The van der Waals surface area contributed by atoms with Crippen LogP contribution in [0.1, 0.15) is 16.8 Å². The lowest BCUT2D eigenvalue weighted by Crippen LogP contribution is -2.05. The van der Waals surface area contributed by atoms with Gasteiger partial charge < -0.3 is 9.72 Å². The van der Waals surface area contributed by atoms with Crippen LogP contribution < -0.4 is 4.74 Å². The molecule has 0 radical (unpaired) electrons. The Bertz CT molecular complexity index is 1190. The number of aromatic nitrogens is 3. The molecule has 0 bridgehead atoms. The number of hydrogen-bond acceptors (Lipinski definition) is 4. The first kappa shape index (κ1) is 19.5. The van der Waals surface area contributed by atoms with Crippen LogP contribution in [-0.2, 0) is 23.2 Å². The Morgan fingerprint density at radius 1 is 1.17 bits per heavy atom. The number of imidazole rings is 1. The summed E-state index contributed by atoms with van der Waals surface area (Å²) in [5.74, 6) is 0.562. The van der Waals surface area contributed by atoms with Crippen LogP contribution in [0.15, 0.2) is 59.9 Å². The van der Waals surface area contributed by atoms with E-state index in [-0.39, 0.29) is 11.6 Å². The van der Waals surface area contributed by atoms with Gasteiger partial charge in [-0.05, 0) is 48.9 Å². The zero-order valence-electron chi connectivity index (χ0n) is 15.5. The van der Waals surface area contributed by atoms with Crippen LogP contribution in [0.4, 0.5) is 4.39 Å². The predicted octanol–water partition coefficient (Wildman–Crippen LogP) is 4.95. The van der Waals surface area contributed by atoms with Crippen molar-refractivity contribution in [1.29, 1.82) is 0 Å². The maximum Gasteiger partial charge on any atom is 0.197 e. The summed E-state index contributed by atoms with van der Waals surface area (Å²) in [4.78, 5) is 11.8. The van der Waals surface area contributed by atoms with E-state index in [9.17, 15) is 8.60 Å². The molecule has 0 spiro atoms. The molecule has 29 heavy (non-hydrogen) atoms. The molecular weight excluding hydrogens is 413 g/mol. The summed E-state index contributed by atoms with van der Waals surface area (Å²) < 4.78 is 31.7. The van der Waals surface area contributed by atoms with E-state index in [0.29, 0.717) is 33.7 Å². The number of fused-ring (bicyclic) bond motifs is 1. The Morgan fingerprint density at radius 3 is 2.76 bits per heavy atom. The van der Waals surface area contributed by atoms with Gasteiger partial charge in [-0.3, -0.25) is 9.19 Å². The van der Waals surface area contributed by atoms with Crippen molar-refractivity contribution in [3.63, 3.8) is 0 Å². The minimum absolute atomic E-state index is 0.202. The molecule has 0 aliphatic rings. The molecule has 0 amide bonds. The van der Waals surface area contributed by atoms with Crippen molar-refractivity contribution in [2.24, 2.45) is 0 Å². The Balaban J connectivity index is 1.50. The van der Waals surface area contributed by atoms with Crippen molar-refractivity contribution in [3.05, 3.63) is 82.4 Å². The third-order valence-corrected chi connectivity index (χ3v) is 5.87. The smallest absolute Gasteiger partial charge is 0.197 e. The van der Waals surface area contributed by atoms with Crippen molar-refractivity contribution in [2.45, 2.75) is 24.4 Å². The van der Waals surface area contributed by atoms with Gasteiger partial charge in [0.15, 0.2) is 5.16 Å². The molecule has 1 N–H and O–H groups in total. The van der Waals surface area contributed by atoms with Crippen LogP contribution >= 0.6 is 11.6 Å². The number of hydrogen-bond donors (Lipinski definition) is 1. The highest BCUT2D eigenvalue weighted by atomic mass is 35.5. The number of ether oxygens (including phenoxy) is 1. The average molecular weight is 430 g/mol. The van der Waals surface area contributed by atoms with Gasteiger partial charge in [0.1, 0.15) is 18.2 Å². The van der Waals surface area contributed by atoms with E-state index in [0.717, 1.165) is 16.6 Å². The molecule has 0 aliphatic heterocycles. The quantitative estimate of drug-likeness (QED) is 0.471. The molecule has 0 saturated carbocycles. The second-order valence-electron chi connectivity index (χ2n) is 6.49. The van der Waals surface area contributed by atoms with E-state index in [2.05, 4.69) is 15.0 Å². The third kappa shape index (κ3) is 4.46. The monoisotopic (exact) mass is 429 g/mol. The van der Waals surface area contributed by atoms with E-state index >= 15 is 0 Å². The first-order chi connectivity index (χ1) is 14.0. The van der Waals surface area contributed by atoms with Gasteiger partial charge in [-0.2, -0.15) is 0 Å². The van der Waals surface area contributed by atoms with Crippen LogP contribution in [0, 0.1) is 12.7 Å². The summed E-state index contributed by atoms with van der Waals surface area (Å²) in [6.45, 7) is 2.18. The van der Waals surface area contributed by atoms with Crippen LogP contribution in [-0.4, -0.2) is 19.2 Å². The van der Waals surface area contributed by atoms with Crippen LogP contribution in [0.25, 0.3) is 11.0 Å². The molecule has 2 aromatic carbocycles. The molecular formula is C21H17ClFN3O2S. The summed E-state index contributed by atoms with van der Waals surface area (Å²) in [6.07, 6.45) is 1.62. The van der Waals surface area contributed by atoms with Crippen LogP contribution in [0.5, 0.6) is 5.75 Å². The van der Waals surface area contributed by atoms with Gasteiger partial charge in [-0.15, -0.1) is 0 Å². The molecule has 0 fully saturated rings. The summed E-state index contributed by atoms with van der Waals surface area (Å²) in [6, 6.07) is 13.2. The molecule has 4 aromatic rings. The molecule has 1 atom stereocenters. The van der Waals surface area contributed by atoms with E-state index in [4.69, 9.17) is 16.3 Å². The van der Waals surface area contributed by atoms with Crippen molar-refractivity contribution in [2.75, 3.05) is 0 Å². The fraction of sp³-hybridized carbons (Fsp3) is 0.143. The molecule has 5 nitrogen and oxygen atoms in total. The Morgan fingerprint density at radius 2 is 1.97 bits per heavy atom. The summed E-state index contributed by atoms with van der Waals surface area (Å²) in [7, 11) is -1.40. The number of benzene rings is 2. The van der Waals surface area contributed by atoms with Gasteiger partial charge in [0.25, 0.3) is 0 Å². The van der Waals surface area contributed by atoms with E-state index < -0.39 is 10.8 Å². The van der Waals surface area contributed by atoms with E-state index in [1.54, 1.807) is 42.6 Å². The maximum absolute atomic E-state index is 13.0. The number of H-pyrrole nitrogens is 1. The normalized spacial score (nSPS) is 12.2. The highest BCUT2D eigenvalue weighted by Crippen LogP contribution is 2.24. The minimum atomic E-state index is -1.40. The van der Waals surface area contributed by atoms with Crippen molar-refractivity contribution < 1.29 is 13.3 Å². The molecule has 1 unspecified atom stereocenters. The SMILES string of the molecule is Cc1c(OCc2ccc(F)cc2)ccnc1CS(=O)c1nc2ccc(Cl)cc2[nH]1. The molecule has 0 aliphatic carbocycles. The first-order valence-corrected chi connectivity index (χ1v) is 10.5. The van der Waals surface area contributed by atoms with Crippen molar-refractivity contribution >= 4 is 33.4 Å². The number of rotatable bonds is 6. The molecule has 4 rings (SSSR count). The minimum Gasteiger partial charge on any atom is -0.489 e. The highest BCUT2D eigenvalue weighted by Gasteiger charge is 2.15. The number of nitrogens with zero attached hydrogens (tertiary/aromatic N) is 2. The van der Waals surface area contributed by atoms with Crippen molar-refractivity contribution in [1.82, 2.24) is 15.0 Å². The second kappa shape index (κ2) is 8.31. The van der Waals surface area contributed by atoms with Gasteiger partial charge in [-0.25, -0.2) is 9.37 Å². The van der Waals surface area contributed by atoms with Crippen LogP contribution in [0.3, 0.4) is 0 Å². The lowest BCUT2D eigenvalue weighted by molar-refractivity contribution is 0.303. The molecule has 2 aromatic heterocycles. The zero-order chi connectivity index (χ0) is 20.4. The maximum atomic E-state index is 13.0. The number of nitrogens with one attached hydrogen (secondary N) is 1. The first-order valence-electron chi connectivity index (χ1n) is 8.85. The largest absolute Gasteiger partial charge is 0.489 e. The van der Waals surface area contributed by atoms with Gasteiger partial charge in [0, 0.05) is 16.8 Å². The highest BCUT2D eigenvalue weighted by molar-refractivity contribution is 7.84. The topological polar surface area (TPSA) is 67.9 Å².